The molecule has 0 unspecified atom stereocenters. The van der Waals surface area contributed by atoms with Crippen molar-refractivity contribution in [2.75, 3.05) is 0 Å². The van der Waals surface area contributed by atoms with Crippen molar-refractivity contribution in [2.24, 2.45) is 5.73 Å². The fraction of sp³-hybridized carbons (Fsp3) is 0.200. The lowest BCUT2D eigenvalue weighted by atomic mass is 10.3. The highest BCUT2D eigenvalue weighted by Gasteiger charge is 2.10. The number of carbonyl (C=O) groups excluding carboxylic acids is 1. The van der Waals surface area contributed by atoms with Crippen LogP contribution in [0.5, 0.6) is 11.5 Å². The van der Waals surface area contributed by atoms with Crippen molar-refractivity contribution in [1.29, 1.82) is 0 Å². The molecule has 0 aliphatic rings. The molecular weight excluding hydrogens is 256 g/mol. The Hall–Kier alpha value is -2.56. The zero-order chi connectivity index (χ0) is 14.4. The first-order valence-electron chi connectivity index (χ1n) is 6.24. The number of nitrogens with zero attached hydrogens (tertiary/aromatic N) is 1. The van der Waals surface area contributed by atoms with Crippen LogP contribution in [0.2, 0.25) is 0 Å². The molecule has 0 bridgehead atoms. The highest BCUT2D eigenvalue weighted by molar-refractivity contribution is 5.78. The quantitative estimate of drug-likeness (QED) is 0.871. The van der Waals surface area contributed by atoms with Gasteiger partial charge in [0.2, 0.25) is 0 Å². The lowest BCUT2D eigenvalue weighted by Crippen LogP contribution is -2.30. The van der Waals surface area contributed by atoms with E-state index < -0.39 is 12.0 Å². The number of hydrogen-bond acceptors (Lipinski definition) is 4. The van der Waals surface area contributed by atoms with Crippen LogP contribution in [0.1, 0.15) is 12.6 Å². The van der Waals surface area contributed by atoms with E-state index in [1.54, 1.807) is 31.3 Å². The van der Waals surface area contributed by atoms with Gasteiger partial charge in [-0.1, -0.05) is 12.1 Å². The molecule has 1 heterocycles. The van der Waals surface area contributed by atoms with Crippen molar-refractivity contribution < 1.29 is 14.3 Å². The summed E-state index contributed by atoms with van der Waals surface area (Å²) in [6.07, 6.45) is 1.04. The number of primary amides is 1. The van der Waals surface area contributed by atoms with E-state index in [2.05, 4.69) is 4.98 Å². The molecule has 0 aliphatic heterocycles. The first kappa shape index (κ1) is 13.9. The monoisotopic (exact) mass is 272 g/mol. The third-order valence-electron chi connectivity index (χ3n) is 2.63. The van der Waals surface area contributed by atoms with Crippen molar-refractivity contribution in [3.8, 4) is 11.5 Å². The summed E-state index contributed by atoms with van der Waals surface area (Å²) in [5, 5.41) is 0. The van der Waals surface area contributed by atoms with Crippen LogP contribution in [-0.4, -0.2) is 17.0 Å². The molecular formula is C15H16N2O3. The minimum Gasteiger partial charge on any atom is -0.487 e. The SMILES string of the molecule is C[C@@H](Oc1cccc(OCc2ccccn2)c1)C(N)=O. The maximum absolute atomic E-state index is 11.0. The van der Waals surface area contributed by atoms with Crippen LogP contribution < -0.4 is 15.2 Å². The summed E-state index contributed by atoms with van der Waals surface area (Å²) in [6, 6.07) is 12.7. The van der Waals surface area contributed by atoms with E-state index in [1.807, 2.05) is 24.3 Å². The lowest BCUT2D eigenvalue weighted by Gasteiger charge is -2.12. The Morgan fingerprint density at radius 2 is 2.05 bits per heavy atom. The zero-order valence-electron chi connectivity index (χ0n) is 11.2. The van der Waals surface area contributed by atoms with E-state index >= 15 is 0 Å². The normalized spacial score (nSPS) is 11.7. The first-order chi connectivity index (χ1) is 9.65. The number of ether oxygens (including phenoxy) is 2. The van der Waals surface area contributed by atoms with E-state index in [1.165, 1.54) is 0 Å². The number of amides is 1. The molecule has 0 saturated heterocycles. The summed E-state index contributed by atoms with van der Waals surface area (Å²) < 4.78 is 11.0. The molecule has 0 spiro atoms. The van der Waals surface area contributed by atoms with Crippen LogP contribution in [0.3, 0.4) is 0 Å². The van der Waals surface area contributed by atoms with Crippen LogP contribution in [-0.2, 0) is 11.4 Å². The summed E-state index contributed by atoms with van der Waals surface area (Å²) >= 11 is 0. The van der Waals surface area contributed by atoms with Gasteiger partial charge in [0, 0.05) is 12.3 Å². The molecule has 1 amide bonds. The van der Waals surface area contributed by atoms with E-state index in [9.17, 15) is 4.79 Å². The third-order valence-corrected chi connectivity index (χ3v) is 2.63. The molecule has 0 fully saturated rings. The number of hydrogen-bond donors (Lipinski definition) is 1. The van der Waals surface area contributed by atoms with Gasteiger partial charge < -0.3 is 15.2 Å². The zero-order valence-corrected chi connectivity index (χ0v) is 11.2. The number of aromatic nitrogens is 1. The van der Waals surface area contributed by atoms with Crippen molar-refractivity contribution in [1.82, 2.24) is 4.98 Å². The first-order valence-corrected chi connectivity index (χ1v) is 6.24. The van der Waals surface area contributed by atoms with Crippen LogP contribution in [0.4, 0.5) is 0 Å². The molecule has 5 nitrogen and oxygen atoms in total. The Kier molecular flexibility index (Phi) is 4.55. The Bertz CT molecular complexity index is 572. The number of pyridine rings is 1. The summed E-state index contributed by atoms with van der Waals surface area (Å²) in [6.45, 7) is 1.97. The number of carbonyl (C=O) groups is 1. The molecule has 0 radical (unpaired) electrons. The summed E-state index contributed by atoms with van der Waals surface area (Å²) in [4.78, 5) is 15.1. The van der Waals surface area contributed by atoms with Gasteiger partial charge in [-0.25, -0.2) is 0 Å². The third kappa shape index (κ3) is 3.98. The van der Waals surface area contributed by atoms with E-state index in [-0.39, 0.29) is 0 Å². The van der Waals surface area contributed by atoms with Gasteiger partial charge in [0.05, 0.1) is 5.69 Å². The molecule has 2 aromatic rings. The average molecular weight is 272 g/mol. The van der Waals surface area contributed by atoms with Gasteiger partial charge in [-0.3, -0.25) is 9.78 Å². The number of rotatable bonds is 6. The Morgan fingerprint density at radius 3 is 2.75 bits per heavy atom. The molecule has 2 N–H and O–H groups in total. The van der Waals surface area contributed by atoms with Crippen molar-refractivity contribution >= 4 is 5.91 Å². The second-order valence-corrected chi connectivity index (χ2v) is 4.25. The molecule has 0 aliphatic carbocycles. The van der Waals surface area contributed by atoms with Crippen molar-refractivity contribution in [3.05, 3.63) is 54.4 Å². The van der Waals surface area contributed by atoms with Crippen LogP contribution >= 0.6 is 0 Å². The molecule has 5 heteroatoms. The average Bonchev–Trinajstić information content (AvgIpc) is 2.46. The number of nitrogens with two attached hydrogens (primary N) is 1. The van der Waals surface area contributed by atoms with Gasteiger partial charge in [-0.15, -0.1) is 0 Å². The van der Waals surface area contributed by atoms with E-state index in [4.69, 9.17) is 15.2 Å². The molecule has 1 aromatic heterocycles. The van der Waals surface area contributed by atoms with Gasteiger partial charge >= 0.3 is 0 Å². The molecule has 0 saturated carbocycles. The van der Waals surface area contributed by atoms with E-state index in [0.717, 1.165) is 5.69 Å². The lowest BCUT2D eigenvalue weighted by molar-refractivity contribution is -0.123. The minimum absolute atomic E-state index is 0.371. The Morgan fingerprint density at radius 1 is 1.25 bits per heavy atom. The largest absolute Gasteiger partial charge is 0.487 e. The van der Waals surface area contributed by atoms with Crippen LogP contribution in [0.25, 0.3) is 0 Å². The summed E-state index contributed by atoms with van der Waals surface area (Å²) in [5.74, 6) is 0.671. The highest BCUT2D eigenvalue weighted by Crippen LogP contribution is 2.21. The van der Waals surface area contributed by atoms with Crippen molar-refractivity contribution in [3.63, 3.8) is 0 Å². The van der Waals surface area contributed by atoms with E-state index in [0.29, 0.717) is 18.1 Å². The standard InChI is InChI=1S/C15H16N2O3/c1-11(15(16)18)20-14-7-4-6-13(9-14)19-10-12-5-2-3-8-17-12/h2-9,11H,10H2,1H3,(H2,16,18)/t11-/m1/s1. The van der Waals surface area contributed by atoms with Crippen molar-refractivity contribution in [2.45, 2.75) is 19.6 Å². The van der Waals surface area contributed by atoms with Gasteiger partial charge in [0.15, 0.2) is 6.10 Å². The van der Waals surface area contributed by atoms with Crippen LogP contribution in [0, 0.1) is 0 Å². The predicted octanol–water partition coefficient (Wildman–Crippen LogP) is 1.91. The molecule has 1 atom stereocenters. The fourth-order valence-electron chi connectivity index (χ4n) is 1.54. The minimum atomic E-state index is -0.680. The van der Waals surface area contributed by atoms with Crippen LogP contribution in [0.15, 0.2) is 48.7 Å². The maximum atomic E-state index is 11.0. The topological polar surface area (TPSA) is 74.4 Å². The second-order valence-electron chi connectivity index (χ2n) is 4.25. The predicted molar refractivity (Wildman–Crippen MR) is 74.3 cm³/mol. The molecule has 20 heavy (non-hydrogen) atoms. The number of benzene rings is 1. The fourth-order valence-corrected chi connectivity index (χ4v) is 1.54. The smallest absolute Gasteiger partial charge is 0.258 e. The molecule has 1 aromatic carbocycles. The Balaban J connectivity index is 1.97. The van der Waals surface area contributed by atoms with Gasteiger partial charge in [0.1, 0.15) is 18.1 Å². The molecule has 104 valence electrons. The summed E-state index contributed by atoms with van der Waals surface area (Å²) in [7, 11) is 0. The van der Waals surface area contributed by atoms with Gasteiger partial charge in [-0.2, -0.15) is 0 Å². The Labute approximate surface area is 117 Å². The summed E-state index contributed by atoms with van der Waals surface area (Å²) in [5.41, 5.74) is 5.99. The van der Waals surface area contributed by atoms with Gasteiger partial charge in [0.25, 0.3) is 5.91 Å². The molecule has 2 rings (SSSR count). The van der Waals surface area contributed by atoms with Gasteiger partial charge in [-0.05, 0) is 31.2 Å². The second kappa shape index (κ2) is 6.56. The highest BCUT2D eigenvalue weighted by atomic mass is 16.5. The maximum Gasteiger partial charge on any atom is 0.258 e.